The highest BCUT2D eigenvalue weighted by Crippen LogP contribution is 1.65. The third-order valence-electron chi connectivity index (χ3n) is 0.500. The molecule has 0 unspecified atom stereocenters. The highest BCUT2D eigenvalue weighted by molar-refractivity contribution is 7.65. The van der Waals surface area contributed by atoms with Crippen LogP contribution in [0.1, 0.15) is 6.92 Å². The Kier molecular flexibility index (Phi) is 5.96. The first kappa shape index (κ1) is 6.98. The molecule has 0 aromatic heterocycles. The fourth-order valence-corrected chi connectivity index (χ4v) is 0.423. The van der Waals surface area contributed by atoms with Crippen molar-refractivity contribution in [2.24, 2.45) is 0 Å². The van der Waals surface area contributed by atoms with Gasteiger partial charge in [0.2, 0.25) is 5.75 Å². The third-order valence-corrected chi connectivity index (χ3v) is 0.803. The molecule has 1 N–H and O–H groups in total. The number of hydrogen-bond acceptors (Lipinski definition) is 2. The molecule has 41 valence electrons. The van der Waals surface area contributed by atoms with Crippen molar-refractivity contribution < 1.29 is 4.21 Å². The summed E-state index contributed by atoms with van der Waals surface area (Å²) in [6, 6.07) is 0. The summed E-state index contributed by atoms with van der Waals surface area (Å²) >= 11 is 0.574. The van der Waals surface area contributed by atoms with Crippen LogP contribution in [0.4, 0.5) is 0 Å². The molecule has 0 aromatic rings. The lowest BCUT2D eigenvalue weighted by molar-refractivity contribution is 0.605. The van der Waals surface area contributed by atoms with Crippen LogP contribution in [0.5, 0.6) is 0 Å². The Morgan fingerprint density at radius 2 is 2.57 bits per heavy atom. The van der Waals surface area contributed by atoms with E-state index in [0.29, 0.717) is 17.4 Å². The van der Waals surface area contributed by atoms with Gasteiger partial charge in [0, 0.05) is 4.21 Å². The molecule has 0 spiro atoms. The van der Waals surface area contributed by atoms with Crippen molar-refractivity contribution >= 4 is 11.7 Å². The van der Waals surface area contributed by atoms with Gasteiger partial charge in [-0.3, -0.25) is 0 Å². The molecule has 0 aliphatic rings. The van der Waals surface area contributed by atoms with Gasteiger partial charge in [0.25, 0.3) is 0 Å². The lowest BCUT2D eigenvalue weighted by atomic mass is 10.7. The minimum Gasteiger partial charge on any atom is -0.308 e. The molecule has 0 saturated carbocycles. The Morgan fingerprint density at radius 3 is 3.00 bits per heavy atom. The van der Waals surface area contributed by atoms with Crippen LogP contribution in [0.3, 0.4) is 0 Å². The Balaban J connectivity index is 2.56. The van der Waals surface area contributed by atoms with Gasteiger partial charge in [-0.25, -0.2) is 0 Å². The number of hydrogen-bond donors (Lipinski definition) is 1. The smallest absolute Gasteiger partial charge is 0.308 e. The first-order valence-electron chi connectivity index (χ1n) is 2.21. The normalized spacial score (nSPS) is 8.71. The second kappa shape index (κ2) is 5.98. The quantitative estimate of drug-likeness (QED) is 0.422. The third kappa shape index (κ3) is 5.98. The minimum absolute atomic E-state index is 0.549. The molecule has 0 heterocycles. The van der Waals surface area contributed by atoms with Crippen molar-refractivity contribution in [1.82, 2.24) is 5.32 Å². The van der Waals surface area contributed by atoms with Crippen molar-refractivity contribution in [1.29, 1.82) is 0 Å². The van der Waals surface area contributed by atoms with E-state index in [4.69, 9.17) is 0 Å². The Bertz CT molecular complexity index is 49.0. The van der Waals surface area contributed by atoms with Gasteiger partial charge < -0.3 is 5.32 Å². The van der Waals surface area contributed by atoms with E-state index in [9.17, 15) is 4.21 Å². The van der Waals surface area contributed by atoms with E-state index in [1.54, 1.807) is 6.54 Å². The zero-order chi connectivity index (χ0) is 5.54. The van der Waals surface area contributed by atoms with Gasteiger partial charge in [0.15, 0.2) is 0 Å². The molecule has 0 amide bonds. The molecule has 0 aliphatic carbocycles. The molecule has 3 heteroatoms. The van der Waals surface area contributed by atoms with E-state index < -0.39 is 0 Å². The minimum atomic E-state index is 0.549. The van der Waals surface area contributed by atoms with E-state index in [2.05, 4.69) is 5.32 Å². The van der Waals surface area contributed by atoms with E-state index in [1.807, 2.05) is 6.92 Å². The van der Waals surface area contributed by atoms with E-state index in [-0.39, 0.29) is 0 Å². The van der Waals surface area contributed by atoms with Crippen LogP contribution >= 0.6 is 0 Å². The first-order valence-corrected chi connectivity index (χ1v) is 3.12. The average Bonchev–Trinajstić information content (AvgIpc) is 1.69. The summed E-state index contributed by atoms with van der Waals surface area (Å²) in [6.45, 7) is 4.66. The van der Waals surface area contributed by atoms with Crippen molar-refractivity contribution in [2.45, 2.75) is 6.92 Å². The van der Waals surface area contributed by atoms with Crippen LogP contribution in [-0.4, -0.2) is 12.3 Å². The standard InChI is InChI=1S/C4H9NOS/c1-2-5-3-4-7-6/h3,5H,2,4H2,1H3/q+1. The van der Waals surface area contributed by atoms with E-state index >= 15 is 0 Å². The maximum atomic E-state index is 9.65. The largest absolute Gasteiger partial charge is 0.460 e. The SMILES string of the molecule is CCN[CH]C[S+]=O. The zero-order valence-electron chi connectivity index (χ0n) is 4.31. The Morgan fingerprint density at radius 1 is 1.86 bits per heavy atom. The van der Waals surface area contributed by atoms with Crippen LogP contribution < -0.4 is 5.32 Å². The number of rotatable bonds is 4. The Hall–Kier alpha value is -0.0200. The molecule has 0 aliphatic heterocycles. The van der Waals surface area contributed by atoms with Gasteiger partial charge in [0.05, 0.1) is 6.54 Å². The molecule has 0 saturated heterocycles. The molecule has 0 fully saturated rings. The summed E-state index contributed by atoms with van der Waals surface area (Å²) in [5.41, 5.74) is 0. The molecule has 0 atom stereocenters. The summed E-state index contributed by atoms with van der Waals surface area (Å²) < 4.78 is 9.65. The fraction of sp³-hybridized carbons (Fsp3) is 0.750. The van der Waals surface area contributed by atoms with Crippen molar-refractivity contribution in [3.63, 3.8) is 0 Å². The van der Waals surface area contributed by atoms with Gasteiger partial charge in [-0.1, -0.05) is 6.92 Å². The lowest BCUT2D eigenvalue weighted by Crippen LogP contribution is -2.10. The predicted octanol–water partition coefficient (Wildman–Crippen LogP) is 0.186. The molecule has 2 nitrogen and oxygen atoms in total. The highest BCUT2D eigenvalue weighted by atomic mass is 32.1. The molecule has 0 bridgehead atoms. The monoisotopic (exact) mass is 119 g/mol. The van der Waals surface area contributed by atoms with Crippen LogP contribution in [-0.2, 0) is 15.9 Å². The van der Waals surface area contributed by atoms with Crippen molar-refractivity contribution in [3.05, 3.63) is 6.54 Å². The summed E-state index contributed by atoms with van der Waals surface area (Å²) in [5.74, 6) is 0.549. The van der Waals surface area contributed by atoms with Gasteiger partial charge in [0.1, 0.15) is 0 Å². The highest BCUT2D eigenvalue weighted by Gasteiger charge is 1.93. The average molecular weight is 119 g/mol. The Labute approximate surface area is 47.8 Å². The summed E-state index contributed by atoms with van der Waals surface area (Å²) in [6.07, 6.45) is 0. The molecular formula is C4H9NOS+. The first-order chi connectivity index (χ1) is 3.41. The van der Waals surface area contributed by atoms with Crippen LogP contribution in [0.2, 0.25) is 0 Å². The van der Waals surface area contributed by atoms with Crippen LogP contribution in [0, 0.1) is 6.54 Å². The van der Waals surface area contributed by atoms with Gasteiger partial charge in [-0.05, 0) is 6.54 Å². The van der Waals surface area contributed by atoms with E-state index in [1.165, 1.54) is 0 Å². The predicted molar refractivity (Wildman–Crippen MR) is 30.9 cm³/mol. The summed E-state index contributed by atoms with van der Waals surface area (Å²) in [7, 11) is 0. The van der Waals surface area contributed by atoms with Gasteiger partial charge >= 0.3 is 11.7 Å². The van der Waals surface area contributed by atoms with E-state index in [0.717, 1.165) is 6.54 Å². The van der Waals surface area contributed by atoms with Gasteiger partial charge in [-0.2, -0.15) is 0 Å². The maximum absolute atomic E-state index is 9.65. The van der Waals surface area contributed by atoms with Crippen LogP contribution in [0.15, 0.2) is 0 Å². The summed E-state index contributed by atoms with van der Waals surface area (Å²) in [4.78, 5) is 0. The zero-order valence-corrected chi connectivity index (χ0v) is 5.12. The molecule has 0 rings (SSSR count). The second-order valence-corrected chi connectivity index (χ2v) is 1.62. The number of nitrogens with one attached hydrogen (secondary N) is 1. The van der Waals surface area contributed by atoms with Crippen LogP contribution in [0.25, 0.3) is 0 Å². The fourth-order valence-electron chi connectivity index (χ4n) is 0.237. The molecule has 0 aromatic carbocycles. The lowest BCUT2D eigenvalue weighted by Gasteiger charge is -1.85. The van der Waals surface area contributed by atoms with Crippen molar-refractivity contribution in [3.8, 4) is 0 Å². The molecule has 7 heavy (non-hydrogen) atoms. The molecule has 1 radical (unpaired) electrons. The maximum Gasteiger partial charge on any atom is 0.460 e. The topological polar surface area (TPSA) is 29.1 Å². The van der Waals surface area contributed by atoms with Crippen molar-refractivity contribution in [2.75, 3.05) is 12.3 Å². The summed E-state index contributed by atoms with van der Waals surface area (Å²) in [5, 5.41) is 2.90. The second-order valence-electron chi connectivity index (χ2n) is 1.05. The van der Waals surface area contributed by atoms with Gasteiger partial charge in [-0.15, -0.1) is 0 Å². The molecular weight excluding hydrogens is 110 g/mol.